The third-order valence-corrected chi connectivity index (χ3v) is 4.68. The molecule has 1 aliphatic heterocycles. The van der Waals surface area contributed by atoms with Crippen molar-refractivity contribution in [3.8, 4) is 0 Å². The molecule has 1 amide bonds. The molecule has 0 saturated carbocycles. The summed E-state index contributed by atoms with van der Waals surface area (Å²) in [6.45, 7) is 5.10. The number of carbonyl (C=O) groups excluding carboxylic acids is 1. The van der Waals surface area contributed by atoms with Gasteiger partial charge in [-0.2, -0.15) is 5.10 Å². The summed E-state index contributed by atoms with van der Waals surface area (Å²) in [7, 11) is 0. The molecule has 122 valence electrons. The molecule has 1 aromatic heterocycles. The number of nitrogens with one attached hydrogen (secondary N) is 2. The predicted octanol–water partition coefficient (Wildman–Crippen LogP) is 2.21. The molecule has 0 unspecified atom stereocenters. The van der Waals surface area contributed by atoms with E-state index in [1.165, 1.54) is 16.7 Å². The summed E-state index contributed by atoms with van der Waals surface area (Å²) < 4.78 is 0. The maximum Gasteiger partial charge on any atom is 0.234 e. The summed E-state index contributed by atoms with van der Waals surface area (Å²) in [5, 5.41) is 9.93. The molecule has 0 bridgehead atoms. The lowest BCUT2D eigenvalue weighted by Gasteiger charge is -2.31. The first-order valence-corrected chi connectivity index (χ1v) is 8.24. The largest absolute Gasteiger partial charge is 0.351 e. The number of amides is 1. The van der Waals surface area contributed by atoms with Gasteiger partial charge in [0.05, 0.1) is 12.7 Å². The third kappa shape index (κ3) is 4.20. The lowest BCUT2D eigenvalue weighted by atomic mass is 9.91. The van der Waals surface area contributed by atoms with Crippen LogP contribution in [0.1, 0.15) is 35.4 Å². The van der Waals surface area contributed by atoms with Crippen molar-refractivity contribution in [1.82, 2.24) is 20.4 Å². The van der Waals surface area contributed by atoms with E-state index in [0.717, 1.165) is 25.9 Å². The molecule has 2 heterocycles. The Morgan fingerprint density at radius 2 is 2.13 bits per heavy atom. The van der Waals surface area contributed by atoms with Crippen molar-refractivity contribution in [3.63, 3.8) is 0 Å². The van der Waals surface area contributed by atoms with Crippen molar-refractivity contribution in [2.24, 2.45) is 0 Å². The molecule has 0 atom stereocenters. The minimum Gasteiger partial charge on any atom is -0.351 e. The average molecular weight is 312 g/mol. The van der Waals surface area contributed by atoms with E-state index in [1.807, 2.05) is 24.5 Å². The van der Waals surface area contributed by atoms with Gasteiger partial charge in [0.2, 0.25) is 5.91 Å². The number of likely N-dealkylation sites (tertiary alicyclic amines) is 1. The number of carbonyl (C=O) groups is 1. The van der Waals surface area contributed by atoms with Crippen molar-refractivity contribution in [2.45, 2.75) is 32.2 Å². The number of H-pyrrole nitrogens is 1. The van der Waals surface area contributed by atoms with Crippen LogP contribution in [0.5, 0.6) is 0 Å². The lowest BCUT2D eigenvalue weighted by Crippen LogP contribution is -2.41. The number of hydrogen-bond donors (Lipinski definition) is 2. The maximum atomic E-state index is 12.1. The lowest BCUT2D eigenvalue weighted by molar-refractivity contribution is -0.122. The van der Waals surface area contributed by atoms with E-state index >= 15 is 0 Å². The molecule has 2 aromatic rings. The molecule has 0 aliphatic carbocycles. The van der Waals surface area contributed by atoms with Gasteiger partial charge in [-0.3, -0.25) is 14.8 Å². The fraction of sp³-hybridized carbons (Fsp3) is 0.444. The minimum absolute atomic E-state index is 0.106. The second-order valence-corrected chi connectivity index (χ2v) is 6.29. The second-order valence-electron chi connectivity index (χ2n) is 6.29. The van der Waals surface area contributed by atoms with Crippen LogP contribution in [0.3, 0.4) is 0 Å². The number of aromatic amines is 1. The topological polar surface area (TPSA) is 61.0 Å². The first kappa shape index (κ1) is 15.7. The van der Waals surface area contributed by atoms with Crippen molar-refractivity contribution in [3.05, 3.63) is 53.3 Å². The molecule has 1 aromatic carbocycles. The van der Waals surface area contributed by atoms with Gasteiger partial charge in [0.1, 0.15) is 0 Å². The van der Waals surface area contributed by atoms with Gasteiger partial charge in [0, 0.05) is 12.7 Å². The summed E-state index contributed by atoms with van der Waals surface area (Å²) in [5.41, 5.74) is 3.68. The van der Waals surface area contributed by atoms with Crippen LogP contribution < -0.4 is 5.32 Å². The highest BCUT2D eigenvalue weighted by molar-refractivity contribution is 5.78. The van der Waals surface area contributed by atoms with E-state index in [9.17, 15) is 4.79 Å². The normalized spacial score (nSPS) is 16.4. The molecule has 0 radical (unpaired) electrons. The molecule has 1 saturated heterocycles. The molecule has 5 nitrogen and oxygen atoms in total. The first-order chi connectivity index (χ1) is 11.2. The van der Waals surface area contributed by atoms with Gasteiger partial charge in [-0.05, 0) is 55.5 Å². The van der Waals surface area contributed by atoms with Crippen molar-refractivity contribution >= 4 is 5.91 Å². The fourth-order valence-corrected chi connectivity index (χ4v) is 3.17. The summed E-state index contributed by atoms with van der Waals surface area (Å²) in [6, 6.07) is 8.16. The van der Waals surface area contributed by atoms with Gasteiger partial charge in [-0.1, -0.05) is 24.3 Å². The molecular formula is C18H24N4O. The molecule has 0 spiro atoms. The van der Waals surface area contributed by atoms with Crippen LogP contribution >= 0.6 is 0 Å². The Hall–Kier alpha value is -2.14. The van der Waals surface area contributed by atoms with Crippen LogP contribution in [-0.2, 0) is 11.3 Å². The van der Waals surface area contributed by atoms with E-state index in [4.69, 9.17) is 0 Å². The summed E-state index contributed by atoms with van der Waals surface area (Å²) >= 11 is 0. The van der Waals surface area contributed by atoms with Crippen molar-refractivity contribution in [2.75, 3.05) is 19.6 Å². The Balaban J connectivity index is 1.42. The molecule has 2 N–H and O–H groups in total. The highest BCUT2D eigenvalue weighted by Crippen LogP contribution is 2.26. The fourth-order valence-electron chi connectivity index (χ4n) is 3.17. The quantitative estimate of drug-likeness (QED) is 0.890. The van der Waals surface area contributed by atoms with Crippen LogP contribution in [0.4, 0.5) is 0 Å². The number of hydrogen-bond acceptors (Lipinski definition) is 3. The van der Waals surface area contributed by atoms with E-state index in [2.05, 4.69) is 39.5 Å². The zero-order chi connectivity index (χ0) is 16.1. The third-order valence-electron chi connectivity index (χ3n) is 4.68. The van der Waals surface area contributed by atoms with Crippen molar-refractivity contribution in [1.29, 1.82) is 0 Å². The molecular weight excluding hydrogens is 288 g/mol. The number of piperidine rings is 1. The van der Waals surface area contributed by atoms with Crippen LogP contribution in [0.25, 0.3) is 0 Å². The summed E-state index contributed by atoms with van der Waals surface area (Å²) in [6.07, 6.45) is 6.07. The SMILES string of the molecule is Cc1ccccc1CNC(=O)CN1CCC(c2cn[nH]c2)CC1. The predicted molar refractivity (Wildman–Crippen MR) is 90.0 cm³/mol. The van der Waals surface area contributed by atoms with Crippen LogP contribution in [0.2, 0.25) is 0 Å². The van der Waals surface area contributed by atoms with Crippen LogP contribution in [0, 0.1) is 6.92 Å². The van der Waals surface area contributed by atoms with Gasteiger partial charge in [-0.25, -0.2) is 0 Å². The highest BCUT2D eigenvalue weighted by Gasteiger charge is 2.22. The number of nitrogens with zero attached hydrogens (tertiary/aromatic N) is 2. The van der Waals surface area contributed by atoms with Gasteiger partial charge in [0.25, 0.3) is 0 Å². The molecule has 1 aliphatic rings. The monoisotopic (exact) mass is 312 g/mol. The first-order valence-electron chi connectivity index (χ1n) is 8.24. The number of benzene rings is 1. The van der Waals surface area contributed by atoms with Gasteiger partial charge < -0.3 is 5.32 Å². The van der Waals surface area contributed by atoms with E-state index in [1.54, 1.807) is 0 Å². The highest BCUT2D eigenvalue weighted by atomic mass is 16.2. The van der Waals surface area contributed by atoms with Gasteiger partial charge in [-0.15, -0.1) is 0 Å². The number of aromatic nitrogens is 2. The Morgan fingerprint density at radius 3 is 2.83 bits per heavy atom. The Morgan fingerprint density at radius 1 is 1.35 bits per heavy atom. The molecule has 23 heavy (non-hydrogen) atoms. The Kier molecular flexibility index (Phi) is 5.08. The van der Waals surface area contributed by atoms with Crippen LogP contribution in [0.15, 0.2) is 36.7 Å². The summed E-state index contributed by atoms with van der Waals surface area (Å²) in [5.74, 6) is 0.676. The molecule has 1 fully saturated rings. The zero-order valence-corrected chi connectivity index (χ0v) is 13.6. The average Bonchev–Trinajstić information content (AvgIpc) is 3.09. The number of aryl methyl sites for hydroxylation is 1. The minimum atomic E-state index is 0.106. The Labute approximate surface area is 137 Å². The standard InChI is InChI=1S/C18H24N4O/c1-14-4-2-3-5-16(14)10-19-18(23)13-22-8-6-15(7-9-22)17-11-20-21-12-17/h2-5,11-12,15H,6-10,13H2,1H3,(H,19,23)(H,20,21). The van der Waals surface area contributed by atoms with Gasteiger partial charge in [0.15, 0.2) is 0 Å². The van der Waals surface area contributed by atoms with Crippen molar-refractivity contribution < 1.29 is 4.79 Å². The second kappa shape index (κ2) is 7.42. The maximum absolute atomic E-state index is 12.1. The zero-order valence-electron chi connectivity index (χ0n) is 13.6. The summed E-state index contributed by atoms with van der Waals surface area (Å²) in [4.78, 5) is 14.4. The van der Waals surface area contributed by atoms with Crippen LogP contribution in [-0.4, -0.2) is 40.6 Å². The molecule has 5 heteroatoms. The van der Waals surface area contributed by atoms with Gasteiger partial charge >= 0.3 is 0 Å². The van der Waals surface area contributed by atoms with E-state index < -0.39 is 0 Å². The van der Waals surface area contributed by atoms with E-state index in [-0.39, 0.29) is 5.91 Å². The molecule has 3 rings (SSSR count). The van der Waals surface area contributed by atoms with E-state index in [0.29, 0.717) is 19.0 Å². The number of rotatable bonds is 5. The smallest absolute Gasteiger partial charge is 0.234 e. The Bertz CT molecular complexity index is 630.